The van der Waals surface area contributed by atoms with Crippen molar-refractivity contribution in [2.45, 2.75) is 119 Å². The van der Waals surface area contributed by atoms with E-state index in [-0.39, 0.29) is 11.4 Å². The predicted molar refractivity (Wildman–Crippen MR) is 162 cm³/mol. The van der Waals surface area contributed by atoms with E-state index >= 15 is 0 Å². The van der Waals surface area contributed by atoms with E-state index in [0.29, 0.717) is 33.8 Å². The Morgan fingerprint density at radius 3 is 2.26 bits per heavy atom. The maximum atomic E-state index is 12.9. The van der Waals surface area contributed by atoms with Crippen molar-refractivity contribution in [3.05, 3.63) is 48.6 Å². The van der Waals surface area contributed by atoms with Crippen molar-refractivity contribution < 1.29 is 9.53 Å². The molecule has 8 atom stereocenters. The number of allylic oxidation sites excluding steroid dienone is 1. The van der Waals surface area contributed by atoms with Gasteiger partial charge in [-0.1, -0.05) is 71.7 Å². The maximum Gasteiger partial charge on any atom is 0.338 e. The standard InChI is InChI=1S/C34H50O2.C3H6/c1-30(2)17-10-18-31(3)27(30)16-20-33(5)28(31)15-14-25-26-13-9-19-34(26,22-21-32(25,33)4)23-36-29(35)24-11-7-6-8-12-24;1-3-2/h6-8,11-12,25-28H,9-10,13-23H2,1-5H3;3H,1H2,2H3/t25?,26?,27?,28?,31?,32-,33?,34?;/m1./s1. The van der Waals surface area contributed by atoms with Crippen LogP contribution in [0.2, 0.25) is 0 Å². The molecule has 0 spiro atoms. The minimum absolute atomic E-state index is 0.134. The van der Waals surface area contributed by atoms with Gasteiger partial charge in [-0.15, -0.1) is 6.58 Å². The van der Waals surface area contributed by atoms with E-state index in [1.807, 2.05) is 37.3 Å². The number of rotatable bonds is 3. The van der Waals surface area contributed by atoms with Gasteiger partial charge in [0.2, 0.25) is 0 Å². The number of esters is 1. The molecule has 0 amide bonds. The van der Waals surface area contributed by atoms with Crippen LogP contribution in [-0.4, -0.2) is 12.6 Å². The number of carbonyl (C=O) groups is 1. The van der Waals surface area contributed by atoms with E-state index in [9.17, 15) is 4.79 Å². The number of carbonyl (C=O) groups excluding carboxylic acids is 1. The molecule has 1 aromatic carbocycles. The minimum atomic E-state index is -0.134. The van der Waals surface area contributed by atoms with Gasteiger partial charge in [-0.05, 0) is 129 Å². The first kappa shape index (κ1) is 28.9. The number of benzene rings is 1. The molecular weight excluding hydrogens is 476 g/mol. The Labute approximate surface area is 239 Å². The van der Waals surface area contributed by atoms with Gasteiger partial charge in [-0.25, -0.2) is 4.79 Å². The molecule has 216 valence electrons. The Balaban J connectivity index is 0.000000983. The lowest BCUT2D eigenvalue weighted by Crippen LogP contribution is -2.65. The molecule has 7 unspecified atom stereocenters. The Morgan fingerprint density at radius 1 is 0.821 bits per heavy atom. The quantitative estimate of drug-likeness (QED) is 0.286. The topological polar surface area (TPSA) is 26.3 Å². The molecule has 5 aliphatic rings. The van der Waals surface area contributed by atoms with Crippen LogP contribution in [0.25, 0.3) is 0 Å². The largest absolute Gasteiger partial charge is 0.461 e. The number of hydrogen-bond acceptors (Lipinski definition) is 2. The van der Waals surface area contributed by atoms with Crippen molar-refractivity contribution in [3.8, 4) is 0 Å². The molecule has 6 rings (SSSR count). The number of hydrogen-bond donors (Lipinski definition) is 0. The van der Waals surface area contributed by atoms with Crippen LogP contribution in [0.3, 0.4) is 0 Å². The lowest BCUT2D eigenvalue weighted by atomic mass is 9.32. The van der Waals surface area contributed by atoms with Crippen LogP contribution in [0.15, 0.2) is 43.0 Å². The highest BCUT2D eigenvalue weighted by Crippen LogP contribution is 2.76. The highest BCUT2D eigenvalue weighted by molar-refractivity contribution is 5.89. The van der Waals surface area contributed by atoms with E-state index in [1.165, 1.54) is 77.0 Å². The molecule has 1 aromatic rings. The molecule has 2 nitrogen and oxygen atoms in total. The molecule has 0 aliphatic heterocycles. The Bertz CT molecular complexity index is 1040. The molecule has 0 bridgehead atoms. The smallest absolute Gasteiger partial charge is 0.338 e. The summed E-state index contributed by atoms with van der Waals surface area (Å²) in [6.45, 7) is 19.2. The third-order valence-corrected chi connectivity index (χ3v) is 13.8. The van der Waals surface area contributed by atoms with Gasteiger partial charge in [0.05, 0.1) is 12.2 Å². The van der Waals surface area contributed by atoms with Crippen molar-refractivity contribution in [1.82, 2.24) is 0 Å². The fourth-order valence-corrected chi connectivity index (χ4v) is 11.9. The molecule has 2 heteroatoms. The van der Waals surface area contributed by atoms with E-state index in [4.69, 9.17) is 4.74 Å². The zero-order valence-electron chi connectivity index (χ0n) is 26.0. The van der Waals surface area contributed by atoms with E-state index in [1.54, 1.807) is 6.08 Å². The van der Waals surface area contributed by atoms with Gasteiger partial charge in [-0.2, -0.15) is 0 Å². The normalized spacial score (nSPS) is 43.8. The zero-order valence-corrected chi connectivity index (χ0v) is 26.0. The molecule has 5 aliphatic carbocycles. The fraction of sp³-hybridized carbons (Fsp3) is 0.757. The SMILES string of the molecule is C=CC.CC1(C)CCCC2(C)C1CCC1(C)C2CCC2C3CCCC3(COC(=O)c3ccccc3)CC[C@]21C. The summed E-state index contributed by atoms with van der Waals surface area (Å²) in [6, 6.07) is 9.59. The lowest BCUT2D eigenvalue weighted by Gasteiger charge is -2.72. The second-order valence-corrected chi connectivity index (χ2v) is 15.7. The summed E-state index contributed by atoms with van der Waals surface area (Å²) in [5, 5.41) is 0. The second kappa shape index (κ2) is 10.4. The number of ether oxygens (including phenoxy) is 1. The highest BCUT2D eigenvalue weighted by atomic mass is 16.5. The van der Waals surface area contributed by atoms with Gasteiger partial charge in [0.25, 0.3) is 0 Å². The van der Waals surface area contributed by atoms with Crippen molar-refractivity contribution >= 4 is 5.97 Å². The van der Waals surface area contributed by atoms with Crippen molar-refractivity contribution in [3.63, 3.8) is 0 Å². The van der Waals surface area contributed by atoms with Gasteiger partial charge >= 0.3 is 5.97 Å². The third kappa shape index (κ3) is 4.46. The lowest BCUT2D eigenvalue weighted by molar-refractivity contribution is -0.236. The summed E-state index contributed by atoms with van der Waals surface area (Å²) in [7, 11) is 0. The van der Waals surface area contributed by atoms with Crippen LogP contribution in [0, 0.1) is 50.7 Å². The highest BCUT2D eigenvalue weighted by Gasteiger charge is 2.69. The summed E-state index contributed by atoms with van der Waals surface area (Å²) >= 11 is 0. The van der Waals surface area contributed by atoms with Crippen LogP contribution in [-0.2, 0) is 4.74 Å². The average molecular weight is 533 g/mol. The summed E-state index contributed by atoms with van der Waals surface area (Å²) in [4.78, 5) is 12.9. The van der Waals surface area contributed by atoms with Crippen LogP contribution < -0.4 is 0 Å². The Hall–Kier alpha value is -1.57. The van der Waals surface area contributed by atoms with E-state index in [2.05, 4.69) is 41.2 Å². The first-order chi connectivity index (χ1) is 18.5. The molecule has 0 heterocycles. The van der Waals surface area contributed by atoms with Gasteiger partial charge in [-0.3, -0.25) is 0 Å². The van der Waals surface area contributed by atoms with Gasteiger partial charge in [0.15, 0.2) is 0 Å². The first-order valence-electron chi connectivity index (χ1n) is 16.3. The average Bonchev–Trinajstić information content (AvgIpc) is 3.32. The fourth-order valence-electron chi connectivity index (χ4n) is 11.9. The van der Waals surface area contributed by atoms with Gasteiger partial charge < -0.3 is 4.74 Å². The minimum Gasteiger partial charge on any atom is -0.461 e. The van der Waals surface area contributed by atoms with Crippen LogP contribution in [0.4, 0.5) is 0 Å². The van der Waals surface area contributed by atoms with Crippen LogP contribution in [0.5, 0.6) is 0 Å². The van der Waals surface area contributed by atoms with Crippen molar-refractivity contribution in [2.75, 3.05) is 6.61 Å². The molecule has 0 aromatic heterocycles. The summed E-state index contributed by atoms with van der Waals surface area (Å²) in [5.74, 6) is 3.15. The third-order valence-electron chi connectivity index (χ3n) is 13.8. The molecular formula is C37H56O2. The van der Waals surface area contributed by atoms with E-state index < -0.39 is 0 Å². The Kier molecular flexibility index (Phi) is 7.69. The van der Waals surface area contributed by atoms with Gasteiger partial charge in [0, 0.05) is 5.41 Å². The maximum absolute atomic E-state index is 12.9. The predicted octanol–water partition coefficient (Wildman–Crippen LogP) is 10.3. The summed E-state index contributed by atoms with van der Waals surface area (Å²) in [5.41, 5.74) is 2.79. The van der Waals surface area contributed by atoms with E-state index in [0.717, 1.165) is 23.7 Å². The first-order valence-corrected chi connectivity index (χ1v) is 16.3. The summed E-state index contributed by atoms with van der Waals surface area (Å²) in [6.07, 6.45) is 18.2. The van der Waals surface area contributed by atoms with Crippen molar-refractivity contribution in [1.29, 1.82) is 0 Å². The second-order valence-electron chi connectivity index (χ2n) is 15.7. The molecule has 0 radical (unpaired) electrons. The van der Waals surface area contributed by atoms with Crippen LogP contribution in [0.1, 0.15) is 129 Å². The molecule has 0 saturated heterocycles. The van der Waals surface area contributed by atoms with Gasteiger partial charge in [0.1, 0.15) is 0 Å². The summed E-state index contributed by atoms with van der Waals surface area (Å²) < 4.78 is 6.09. The Morgan fingerprint density at radius 2 is 1.54 bits per heavy atom. The number of fused-ring (bicyclic) bond motifs is 7. The molecule has 5 saturated carbocycles. The molecule has 39 heavy (non-hydrogen) atoms. The van der Waals surface area contributed by atoms with Crippen molar-refractivity contribution in [2.24, 2.45) is 50.7 Å². The monoisotopic (exact) mass is 532 g/mol. The zero-order chi connectivity index (χ0) is 28.1. The molecule has 5 fully saturated rings. The molecule has 0 N–H and O–H groups in total. The van der Waals surface area contributed by atoms with Crippen LogP contribution >= 0.6 is 0 Å².